The minimum atomic E-state index is -4.10. The molecule has 1 aliphatic heterocycles. The van der Waals surface area contributed by atoms with Crippen molar-refractivity contribution >= 4 is 15.5 Å². The number of anilines is 1. The van der Waals surface area contributed by atoms with E-state index in [-0.39, 0.29) is 36.3 Å². The highest BCUT2D eigenvalue weighted by atomic mass is 32.2. The zero-order chi connectivity index (χ0) is 25.2. The molecule has 9 heteroatoms. The van der Waals surface area contributed by atoms with Gasteiger partial charge in [0, 0.05) is 38.1 Å². The molecule has 1 aliphatic carbocycles. The summed E-state index contributed by atoms with van der Waals surface area (Å²) in [5.74, 6) is -0.932. The van der Waals surface area contributed by atoms with Gasteiger partial charge in [-0.3, -0.25) is 4.90 Å². The first-order chi connectivity index (χ1) is 16.6. The Bertz CT molecular complexity index is 1100. The molecule has 1 unspecified atom stereocenters. The van der Waals surface area contributed by atoms with E-state index in [0.717, 1.165) is 30.6 Å². The number of nitrogens with zero attached hydrogens (tertiary/aromatic N) is 2. The summed E-state index contributed by atoms with van der Waals surface area (Å²) in [5, 5.41) is 9.58. The molecule has 0 radical (unpaired) electrons. The molecule has 2 aromatic rings. The number of hydrogen-bond acceptors (Lipinski definition) is 5. The summed E-state index contributed by atoms with van der Waals surface area (Å²) in [4.78, 5) is 4.67. The Kier molecular flexibility index (Phi) is 7.78. The fraction of sp³-hybridized carbons (Fsp3) is 0.538. The van der Waals surface area contributed by atoms with E-state index in [1.807, 2.05) is 24.3 Å². The molecule has 35 heavy (non-hydrogen) atoms. The Morgan fingerprint density at radius 3 is 2.29 bits per heavy atom. The van der Waals surface area contributed by atoms with E-state index in [9.17, 15) is 26.7 Å². The van der Waals surface area contributed by atoms with Gasteiger partial charge in [0.25, 0.3) is 0 Å². The van der Waals surface area contributed by atoms with Crippen molar-refractivity contribution in [2.75, 3.05) is 37.3 Å². The van der Waals surface area contributed by atoms with Crippen molar-refractivity contribution in [2.45, 2.75) is 49.4 Å². The van der Waals surface area contributed by atoms with E-state index < -0.39 is 21.9 Å². The van der Waals surface area contributed by atoms with Gasteiger partial charge >= 0.3 is 6.18 Å². The molecule has 1 saturated carbocycles. The van der Waals surface area contributed by atoms with Crippen molar-refractivity contribution in [3.05, 3.63) is 59.7 Å². The number of halogens is 3. The quantitative estimate of drug-likeness (QED) is 0.604. The lowest BCUT2D eigenvalue weighted by atomic mass is 9.81. The van der Waals surface area contributed by atoms with Crippen molar-refractivity contribution in [1.29, 1.82) is 0 Å². The fourth-order valence-corrected chi connectivity index (χ4v) is 6.43. The standard InChI is InChI=1S/C26H33F3N2O3S/c1-35(33,34)25-15-23(12-9-21(25)18-32)30-13-14-31(24(17-30)20-5-3-2-4-6-20)16-19-7-10-22(11-8-19)26(27,28)29/h2-6,9,12,15,19,22,24,32H,7-8,10-11,13-14,16-18H2,1H3. The minimum Gasteiger partial charge on any atom is -0.392 e. The second-order valence-corrected chi connectivity index (χ2v) is 11.8. The van der Waals surface area contributed by atoms with Crippen LogP contribution in [-0.2, 0) is 16.4 Å². The van der Waals surface area contributed by atoms with Crippen LogP contribution in [0.15, 0.2) is 53.4 Å². The van der Waals surface area contributed by atoms with E-state index >= 15 is 0 Å². The lowest BCUT2D eigenvalue weighted by Gasteiger charge is -2.45. The Labute approximate surface area is 205 Å². The zero-order valence-corrected chi connectivity index (χ0v) is 20.7. The molecule has 2 aliphatic rings. The maximum absolute atomic E-state index is 13.1. The van der Waals surface area contributed by atoms with Crippen LogP contribution in [0.3, 0.4) is 0 Å². The third-order valence-corrected chi connectivity index (χ3v) is 8.64. The molecule has 1 heterocycles. The molecule has 0 aromatic heterocycles. The molecule has 1 saturated heterocycles. The minimum absolute atomic E-state index is 0.0458. The zero-order valence-electron chi connectivity index (χ0n) is 19.9. The van der Waals surface area contributed by atoms with Crippen LogP contribution in [0.2, 0.25) is 0 Å². The summed E-state index contributed by atoms with van der Waals surface area (Å²) in [6.45, 7) is 2.47. The predicted octanol–water partition coefficient (Wildman–Crippen LogP) is 4.81. The molecule has 0 spiro atoms. The second-order valence-electron chi connectivity index (χ2n) is 9.85. The van der Waals surface area contributed by atoms with Gasteiger partial charge in [-0.25, -0.2) is 8.42 Å². The largest absolute Gasteiger partial charge is 0.392 e. The SMILES string of the molecule is CS(=O)(=O)c1cc(N2CCN(CC3CCC(C(F)(F)F)CC3)C(c3ccccc3)C2)ccc1CO. The predicted molar refractivity (Wildman–Crippen MR) is 130 cm³/mol. The van der Waals surface area contributed by atoms with Gasteiger partial charge in [0.05, 0.1) is 23.5 Å². The lowest BCUT2D eigenvalue weighted by molar-refractivity contribution is -0.184. The van der Waals surface area contributed by atoms with Crippen LogP contribution in [0, 0.1) is 11.8 Å². The molecule has 1 N–H and O–H groups in total. The number of sulfone groups is 1. The third kappa shape index (κ3) is 6.19. The molecule has 1 atom stereocenters. The number of benzene rings is 2. The van der Waals surface area contributed by atoms with Crippen LogP contribution in [0.4, 0.5) is 18.9 Å². The van der Waals surface area contributed by atoms with E-state index in [1.54, 1.807) is 12.1 Å². The maximum atomic E-state index is 13.1. The second kappa shape index (κ2) is 10.5. The Morgan fingerprint density at radius 1 is 1.00 bits per heavy atom. The van der Waals surface area contributed by atoms with Gasteiger partial charge in [-0.2, -0.15) is 13.2 Å². The summed E-state index contributed by atoms with van der Waals surface area (Å²) in [6.07, 6.45) is -1.37. The molecule has 0 amide bonds. The van der Waals surface area contributed by atoms with Crippen molar-refractivity contribution < 1.29 is 26.7 Å². The van der Waals surface area contributed by atoms with Crippen LogP contribution in [0.25, 0.3) is 0 Å². The number of aliphatic hydroxyl groups is 1. The normalized spacial score (nSPS) is 24.5. The Morgan fingerprint density at radius 2 is 1.69 bits per heavy atom. The summed E-state index contributed by atoms with van der Waals surface area (Å²) >= 11 is 0. The maximum Gasteiger partial charge on any atom is 0.391 e. The number of hydrogen-bond donors (Lipinski definition) is 1. The van der Waals surface area contributed by atoms with E-state index in [2.05, 4.69) is 21.9 Å². The van der Waals surface area contributed by atoms with E-state index in [1.165, 1.54) is 0 Å². The topological polar surface area (TPSA) is 60.9 Å². The van der Waals surface area contributed by atoms with Crippen molar-refractivity contribution in [2.24, 2.45) is 11.8 Å². The van der Waals surface area contributed by atoms with Crippen LogP contribution in [0.1, 0.15) is 42.9 Å². The van der Waals surface area contributed by atoms with Crippen molar-refractivity contribution in [1.82, 2.24) is 4.90 Å². The van der Waals surface area contributed by atoms with Gasteiger partial charge < -0.3 is 10.0 Å². The fourth-order valence-electron chi connectivity index (χ4n) is 5.48. The van der Waals surface area contributed by atoms with Crippen molar-refractivity contribution in [3.8, 4) is 0 Å². The first-order valence-corrected chi connectivity index (χ1v) is 14.0. The third-order valence-electron chi connectivity index (χ3n) is 7.46. The van der Waals surface area contributed by atoms with Crippen LogP contribution < -0.4 is 4.90 Å². The van der Waals surface area contributed by atoms with E-state index in [0.29, 0.717) is 31.5 Å². The van der Waals surface area contributed by atoms with Gasteiger partial charge in [0.1, 0.15) is 0 Å². The number of rotatable bonds is 6. The number of piperazine rings is 1. The summed E-state index contributed by atoms with van der Waals surface area (Å²) in [7, 11) is -3.49. The lowest BCUT2D eigenvalue weighted by Crippen LogP contribution is -2.50. The van der Waals surface area contributed by atoms with Gasteiger partial charge in [0.2, 0.25) is 0 Å². The van der Waals surface area contributed by atoms with Crippen LogP contribution in [-0.4, -0.2) is 57.0 Å². The first-order valence-electron chi connectivity index (χ1n) is 12.1. The molecular formula is C26H33F3N2O3S. The average Bonchev–Trinajstić information content (AvgIpc) is 2.83. The van der Waals surface area contributed by atoms with E-state index in [4.69, 9.17) is 0 Å². The smallest absolute Gasteiger partial charge is 0.391 e. The summed E-state index contributed by atoms with van der Waals surface area (Å²) in [6, 6.07) is 15.2. The monoisotopic (exact) mass is 510 g/mol. The Hall–Kier alpha value is -2.10. The summed E-state index contributed by atoms with van der Waals surface area (Å²) in [5.41, 5.74) is 2.30. The van der Waals surface area contributed by atoms with Gasteiger partial charge in [-0.05, 0) is 54.9 Å². The van der Waals surface area contributed by atoms with Crippen LogP contribution in [0.5, 0.6) is 0 Å². The average molecular weight is 511 g/mol. The number of aliphatic hydroxyl groups excluding tert-OH is 1. The molecular weight excluding hydrogens is 477 g/mol. The van der Waals surface area contributed by atoms with Crippen molar-refractivity contribution in [3.63, 3.8) is 0 Å². The van der Waals surface area contributed by atoms with Gasteiger partial charge in [-0.15, -0.1) is 0 Å². The molecule has 5 nitrogen and oxygen atoms in total. The molecule has 0 bridgehead atoms. The first kappa shape index (κ1) is 26.0. The number of alkyl halides is 3. The Balaban J connectivity index is 1.53. The molecule has 2 aromatic carbocycles. The van der Waals surface area contributed by atoms with Gasteiger partial charge in [-0.1, -0.05) is 36.4 Å². The molecule has 2 fully saturated rings. The molecule has 4 rings (SSSR count). The highest BCUT2D eigenvalue weighted by Gasteiger charge is 2.42. The van der Waals surface area contributed by atoms with Crippen LogP contribution >= 0.6 is 0 Å². The van der Waals surface area contributed by atoms with Gasteiger partial charge in [0.15, 0.2) is 9.84 Å². The molecule has 192 valence electrons. The highest BCUT2D eigenvalue weighted by molar-refractivity contribution is 7.90. The summed E-state index contributed by atoms with van der Waals surface area (Å²) < 4.78 is 63.9. The highest BCUT2D eigenvalue weighted by Crippen LogP contribution is 2.40.